The topological polar surface area (TPSA) is 60.3 Å². The first-order valence-electron chi connectivity index (χ1n) is 3.48. The highest BCUT2D eigenvalue weighted by Crippen LogP contribution is 2.17. The van der Waals surface area contributed by atoms with Crippen molar-refractivity contribution in [2.45, 2.75) is 5.03 Å². The van der Waals surface area contributed by atoms with Crippen molar-refractivity contribution in [2.24, 2.45) is 5.73 Å². The van der Waals surface area contributed by atoms with Crippen molar-refractivity contribution in [2.75, 3.05) is 5.75 Å². The van der Waals surface area contributed by atoms with Crippen LogP contribution in [-0.2, 0) is 4.79 Å². The monoisotopic (exact) mass is 193 g/mol. The highest BCUT2D eigenvalue weighted by Gasteiger charge is 2.03. The third kappa shape index (κ3) is 3.13. The molecule has 1 aromatic heterocycles. The summed E-state index contributed by atoms with van der Waals surface area (Å²) in [6.07, 6.45) is 0. The molecule has 2 N–H and O–H groups in total. The van der Waals surface area contributed by atoms with Gasteiger partial charge in [0.05, 0.1) is 5.75 Å². The number of aromatic nitrogens is 1. The zero-order valence-electron chi connectivity index (χ0n) is 6.73. The van der Waals surface area contributed by atoms with Gasteiger partial charge in [-0.1, -0.05) is 24.4 Å². The van der Waals surface area contributed by atoms with E-state index in [1.54, 1.807) is 18.2 Å². The van der Waals surface area contributed by atoms with E-state index in [0.717, 1.165) is 0 Å². The Kier molecular flexibility index (Phi) is 3.29. The van der Waals surface area contributed by atoms with Crippen LogP contribution in [0.25, 0.3) is 4.85 Å². The lowest BCUT2D eigenvalue weighted by Crippen LogP contribution is -2.13. The Balaban J connectivity index is 2.68. The summed E-state index contributed by atoms with van der Waals surface area (Å²) >= 11 is 1.23. The van der Waals surface area contributed by atoms with Crippen molar-refractivity contribution >= 4 is 23.5 Å². The van der Waals surface area contributed by atoms with Crippen LogP contribution in [-0.4, -0.2) is 16.6 Å². The Bertz CT molecular complexity index is 359. The number of carbonyl (C=O) groups excluding carboxylic acids is 1. The van der Waals surface area contributed by atoms with Gasteiger partial charge < -0.3 is 10.6 Å². The van der Waals surface area contributed by atoms with Crippen LogP contribution in [0.15, 0.2) is 23.2 Å². The van der Waals surface area contributed by atoms with Gasteiger partial charge in [-0.15, -0.1) is 4.98 Å². The normalized spacial score (nSPS) is 9.15. The first kappa shape index (κ1) is 9.55. The number of thioether (sulfide) groups is 1. The van der Waals surface area contributed by atoms with Crippen molar-refractivity contribution in [1.29, 1.82) is 0 Å². The van der Waals surface area contributed by atoms with Gasteiger partial charge in [0.25, 0.3) is 5.82 Å². The van der Waals surface area contributed by atoms with Crippen molar-refractivity contribution in [1.82, 2.24) is 4.98 Å². The minimum absolute atomic E-state index is 0.189. The van der Waals surface area contributed by atoms with Crippen LogP contribution in [0.4, 0.5) is 5.82 Å². The molecule has 0 saturated carbocycles. The van der Waals surface area contributed by atoms with E-state index in [0.29, 0.717) is 10.8 Å². The average molecular weight is 193 g/mol. The van der Waals surface area contributed by atoms with Crippen molar-refractivity contribution < 1.29 is 4.79 Å². The van der Waals surface area contributed by atoms with Crippen LogP contribution in [0.2, 0.25) is 0 Å². The Labute approximate surface area is 80.0 Å². The van der Waals surface area contributed by atoms with E-state index >= 15 is 0 Å². The number of nitrogens with zero attached hydrogens (tertiary/aromatic N) is 2. The maximum Gasteiger partial charge on any atom is 0.270 e. The summed E-state index contributed by atoms with van der Waals surface area (Å²) in [6.45, 7) is 6.72. The van der Waals surface area contributed by atoms with Gasteiger partial charge in [0.15, 0.2) is 5.03 Å². The third-order valence-electron chi connectivity index (χ3n) is 1.19. The molecule has 1 heterocycles. The Morgan fingerprint density at radius 3 is 3.08 bits per heavy atom. The van der Waals surface area contributed by atoms with Crippen molar-refractivity contribution in [3.05, 3.63) is 29.6 Å². The molecule has 1 rings (SSSR count). The molecule has 5 heteroatoms. The fourth-order valence-electron chi connectivity index (χ4n) is 0.692. The molecule has 0 saturated heterocycles. The molecule has 0 bridgehead atoms. The molecule has 0 atom stereocenters. The summed E-state index contributed by atoms with van der Waals surface area (Å²) in [7, 11) is 0. The number of hydrogen-bond acceptors (Lipinski definition) is 3. The van der Waals surface area contributed by atoms with E-state index in [2.05, 4.69) is 9.83 Å². The Morgan fingerprint density at radius 2 is 2.46 bits per heavy atom. The maximum absolute atomic E-state index is 10.4. The van der Waals surface area contributed by atoms with Gasteiger partial charge in [0.1, 0.15) is 0 Å². The van der Waals surface area contributed by atoms with Crippen molar-refractivity contribution in [3.8, 4) is 0 Å². The molecule has 0 radical (unpaired) electrons. The van der Waals surface area contributed by atoms with Crippen LogP contribution in [0.5, 0.6) is 0 Å². The predicted molar refractivity (Wildman–Crippen MR) is 50.4 cm³/mol. The first-order valence-corrected chi connectivity index (χ1v) is 4.46. The highest BCUT2D eigenvalue weighted by atomic mass is 32.2. The molecule has 0 aliphatic rings. The van der Waals surface area contributed by atoms with E-state index in [1.165, 1.54) is 11.8 Å². The summed E-state index contributed by atoms with van der Waals surface area (Å²) in [5.41, 5.74) is 4.96. The molecule has 1 aromatic rings. The predicted octanol–water partition coefficient (Wildman–Crippen LogP) is 1.21. The van der Waals surface area contributed by atoms with E-state index in [4.69, 9.17) is 12.3 Å². The van der Waals surface area contributed by atoms with Crippen LogP contribution in [0.1, 0.15) is 0 Å². The van der Waals surface area contributed by atoms with E-state index in [1.807, 2.05) is 0 Å². The zero-order valence-corrected chi connectivity index (χ0v) is 7.54. The molecule has 13 heavy (non-hydrogen) atoms. The number of amides is 1. The fraction of sp³-hybridized carbons (Fsp3) is 0.125. The van der Waals surface area contributed by atoms with Crippen LogP contribution < -0.4 is 5.73 Å². The third-order valence-corrected chi connectivity index (χ3v) is 2.14. The Morgan fingerprint density at radius 1 is 1.69 bits per heavy atom. The number of hydrogen-bond donors (Lipinski definition) is 1. The molecule has 4 nitrogen and oxygen atoms in total. The van der Waals surface area contributed by atoms with Gasteiger partial charge in [-0.25, -0.2) is 0 Å². The second-order valence-corrected chi connectivity index (χ2v) is 3.20. The van der Waals surface area contributed by atoms with Crippen molar-refractivity contribution in [3.63, 3.8) is 0 Å². The summed E-state index contributed by atoms with van der Waals surface area (Å²) in [5, 5.41) is 0.646. The lowest BCUT2D eigenvalue weighted by molar-refractivity contribution is -0.115. The lowest BCUT2D eigenvalue weighted by atomic mass is 10.5. The molecule has 0 spiro atoms. The minimum atomic E-state index is -0.389. The second kappa shape index (κ2) is 4.48. The fourth-order valence-corrected chi connectivity index (χ4v) is 1.31. The number of nitrogens with two attached hydrogens (primary N) is 1. The standard InChI is InChI=1S/C8H7N3OS/c1-10-7-3-2-4-8(11-7)13-5-6(9)12/h2-4H,5H2,(H2,9,12). The van der Waals surface area contributed by atoms with Gasteiger partial charge in [-0.3, -0.25) is 4.79 Å². The molecule has 0 aliphatic heterocycles. The largest absolute Gasteiger partial charge is 0.369 e. The minimum Gasteiger partial charge on any atom is -0.369 e. The second-order valence-electron chi connectivity index (χ2n) is 2.20. The molecular weight excluding hydrogens is 186 g/mol. The molecule has 1 amide bonds. The smallest absolute Gasteiger partial charge is 0.270 e. The van der Waals surface area contributed by atoms with E-state index in [-0.39, 0.29) is 11.7 Å². The summed E-state index contributed by atoms with van der Waals surface area (Å²) in [5.74, 6) is 0.128. The van der Waals surface area contributed by atoms with Gasteiger partial charge in [0, 0.05) is 0 Å². The molecular formula is C8H7N3OS. The number of primary amides is 1. The maximum atomic E-state index is 10.4. The van der Waals surface area contributed by atoms with E-state index < -0.39 is 0 Å². The first-order chi connectivity index (χ1) is 6.22. The molecule has 66 valence electrons. The van der Waals surface area contributed by atoms with Gasteiger partial charge in [0.2, 0.25) is 5.91 Å². The van der Waals surface area contributed by atoms with Gasteiger partial charge in [-0.2, -0.15) is 0 Å². The van der Waals surface area contributed by atoms with Crippen LogP contribution in [0.3, 0.4) is 0 Å². The summed E-state index contributed by atoms with van der Waals surface area (Å²) in [6, 6.07) is 5.08. The van der Waals surface area contributed by atoms with E-state index in [9.17, 15) is 4.79 Å². The highest BCUT2D eigenvalue weighted by molar-refractivity contribution is 7.99. The SMILES string of the molecule is [C-]#[N+]c1cccc(SCC(N)=O)n1. The molecule has 0 fully saturated rings. The Hall–Kier alpha value is -1.54. The van der Waals surface area contributed by atoms with Gasteiger partial charge >= 0.3 is 0 Å². The quantitative estimate of drug-likeness (QED) is 0.579. The van der Waals surface area contributed by atoms with Crippen LogP contribution >= 0.6 is 11.8 Å². The number of rotatable bonds is 3. The molecule has 0 aromatic carbocycles. The number of carbonyl (C=O) groups is 1. The summed E-state index contributed by atoms with van der Waals surface area (Å²) in [4.78, 5) is 17.6. The van der Waals surface area contributed by atoms with Gasteiger partial charge in [-0.05, 0) is 12.1 Å². The molecule has 0 unspecified atom stereocenters. The number of pyridine rings is 1. The molecule has 0 aliphatic carbocycles. The summed E-state index contributed by atoms with van der Waals surface area (Å²) < 4.78 is 0. The zero-order chi connectivity index (χ0) is 9.68. The lowest BCUT2D eigenvalue weighted by Gasteiger charge is -1.93. The average Bonchev–Trinajstić information content (AvgIpc) is 2.15. The van der Waals surface area contributed by atoms with Crippen LogP contribution in [0, 0.1) is 6.57 Å².